The molecule has 1 aliphatic rings. The average molecular weight is 382 g/mol. The minimum absolute atomic E-state index is 0.0557. The highest BCUT2D eigenvalue weighted by Gasteiger charge is 2.35. The van der Waals surface area contributed by atoms with Crippen molar-refractivity contribution >= 4 is 27.3 Å². The smallest absolute Gasteiger partial charge is 0.254 e. The second-order valence-corrected chi connectivity index (χ2v) is 8.80. The third-order valence-corrected chi connectivity index (χ3v) is 6.21. The molecule has 0 N–H and O–H groups in total. The van der Waals surface area contributed by atoms with Crippen LogP contribution in [0.1, 0.15) is 22.3 Å². The lowest BCUT2D eigenvalue weighted by Crippen LogP contribution is -2.40. The van der Waals surface area contributed by atoms with Gasteiger partial charge in [0.25, 0.3) is 5.91 Å². The van der Waals surface area contributed by atoms with Crippen molar-refractivity contribution in [3.8, 4) is 0 Å². The Bertz CT molecular complexity index is 901. The molecular formula is C18H17ClFNO3S. The molecule has 0 aromatic heterocycles. The summed E-state index contributed by atoms with van der Waals surface area (Å²) in [5, 5.41) is 0.426. The van der Waals surface area contributed by atoms with Crippen LogP contribution in [0.25, 0.3) is 0 Å². The van der Waals surface area contributed by atoms with Crippen molar-refractivity contribution < 1.29 is 17.6 Å². The van der Waals surface area contributed by atoms with Gasteiger partial charge in [0.05, 0.1) is 11.5 Å². The van der Waals surface area contributed by atoms with E-state index in [1.807, 2.05) is 0 Å². The number of benzene rings is 2. The summed E-state index contributed by atoms with van der Waals surface area (Å²) in [5.74, 6) is -0.727. The number of hydrogen-bond donors (Lipinski definition) is 0. The molecule has 1 heterocycles. The largest absolute Gasteiger partial charge is 0.330 e. The molecule has 0 radical (unpaired) electrons. The van der Waals surface area contributed by atoms with Crippen LogP contribution in [0.5, 0.6) is 0 Å². The van der Waals surface area contributed by atoms with Crippen LogP contribution in [0.15, 0.2) is 48.5 Å². The molecule has 0 spiro atoms. The van der Waals surface area contributed by atoms with Gasteiger partial charge in [-0.15, -0.1) is 0 Å². The summed E-state index contributed by atoms with van der Waals surface area (Å²) in [6.45, 7) is 0.142. The van der Waals surface area contributed by atoms with Crippen molar-refractivity contribution in [2.24, 2.45) is 0 Å². The van der Waals surface area contributed by atoms with E-state index in [4.69, 9.17) is 11.6 Å². The molecule has 1 fully saturated rings. The van der Waals surface area contributed by atoms with Crippen LogP contribution in [0, 0.1) is 5.82 Å². The van der Waals surface area contributed by atoms with Crippen LogP contribution < -0.4 is 0 Å². The third-order valence-electron chi connectivity index (χ3n) is 4.22. The summed E-state index contributed by atoms with van der Waals surface area (Å²) in [4.78, 5) is 14.5. The Balaban J connectivity index is 1.92. The van der Waals surface area contributed by atoms with Gasteiger partial charge in [0.2, 0.25) is 0 Å². The topological polar surface area (TPSA) is 54.5 Å². The van der Waals surface area contributed by atoms with Gasteiger partial charge >= 0.3 is 0 Å². The molecule has 0 bridgehead atoms. The van der Waals surface area contributed by atoms with Gasteiger partial charge in [-0.2, -0.15) is 0 Å². The number of hydrogen-bond acceptors (Lipinski definition) is 3. The summed E-state index contributed by atoms with van der Waals surface area (Å²) in [6.07, 6.45) is 0.379. The number of carbonyl (C=O) groups is 1. The quantitative estimate of drug-likeness (QED) is 0.816. The van der Waals surface area contributed by atoms with Gasteiger partial charge in [-0.1, -0.05) is 29.8 Å². The molecule has 1 unspecified atom stereocenters. The first-order valence-corrected chi connectivity index (χ1v) is 10.1. The van der Waals surface area contributed by atoms with Crippen molar-refractivity contribution in [3.05, 3.63) is 70.5 Å². The van der Waals surface area contributed by atoms with Crippen LogP contribution in [-0.2, 0) is 16.4 Å². The molecule has 0 aliphatic carbocycles. The molecule has 1 atom stereocenters. The SMILES string of the molecule is O=C(c1cccc(Cl)c1)N(Cc1cccc(F)c1)C1CCS(=O)(=O)C1. The minimum Gasteiger partial charge on any atom is -0.330 e. The lowest BCUT2D eigenvalue weighted by molar-refractivity contribution is 0.0680. The molecule has 1 aliphatic heterocycles. The molecule has 2 aromatic carbocycles. The molecule has 1 saturated heterocycles. The van der Waals surface area contributed by atoms with Crippen LogP contribution >= 0.6 is 11.6 Å². The molecule has 7 heteroatoms. The fourth-order valence-corrected chi connectivity index (χ4v) is 4.93. The maximum Gasteiger partial charge on any atom is 0.254 e. The highest BCUT2D eigenvalue weighted by Crippen LogP contribution is 2.23. The van der Waals surface area contributed by atoms with Gasteiger partial charge in [-0.3, -0.25) is 4.79 Å². The fraction of sp³-hybridized carbons (Fsp3) is 0.278. The molecule has 132 valence electrons. The van der Waals surface area contributed by atoms with Crippen molar-refractivity contribution in [2.45, 2.75) is 19.0 Å². The van der Waals surface area contributed by atoms with E-state index in [-0.39, 0.29) is 24.0 Å². The van der Waals surface area contributed by atoms with E-state index in [0.29, 0.717) is 22.6 Å². The standard InChI is InChI=1S/C18H17ClFNO3S/c19-15-5-2-4-14(10-15)18(22)21(17-7-8-25(23,24)12-17)11-13-3-1-6-16(20)9-13/h1-6,9-10,17H,7-8,11-12H2. The third kappa shape index (κ3) is 4.38. The summed E-state index contributed by atoms with van der Waals surface area (Å²) >= 11 is 5.96. The van der Waals surface area contributed by atoms with E-state index < -0.39 is 21.7 Å². The normalized spacial score (nSPS) is 18.9. The predicted octanol–water partition coefficient (Wildman–Crippen LogP) is 3.31. The molecule has 25 heavy (non-hydrogen) atoms. The van der Waals surface area contributed by atoms with E-state index in [1.54, 1.807) is 36.4 Å². The lowest BCUT2D eigenvalue weighted by atomic mass is 10.1. The second kappa shape index (κ2) is 7.14. The monoisotopic (exact) mass is 381 g/mol. The molecule has 4 nitrogen and oxygen atoms in total. The first-order valence-electron chi connectivity index (χ1n) is 7.85. The number of sulfone groups is 1. The Labute approximate surface area is 151 Å². The number of nitrogens with zero attached hydrogens (tertiary/aromatic N) is 1. The lowest BCUT2D eigenvalue weighted by Gasteiger charge is -2.28. The Kier molecular flexibility index (Phi) is 5.11. The van der Waals surface area contributed by atoms with Gasteiger partial charge < -0.3 is 4.90 Å². The number of carbonyl (C=O) groups excluding carboxylic acids is 1. The molecule has 1 amide bonds. The highest BCUT2D eigenvalue weighted by molar-refractivity contribution is 7.91. The average Bonchev–Trinajstić information content (AvgIpc) is 2.92. The first kappa shape index (κ1) is 17.9. The first-order chi connectivity index (χ1) is 11.8. The van der Waals surface area contributed by atoms with E-state index in [1.165, 1.54) is 17.0 Å². The highest BCUT2D eigenvalue weighted by atomic mass is 35.5. The number of halogens is 2. The predicted molar refractivity (Wildman–Crippen MR) is 94.8 cm³/mol. The van der Waals surface area contributed by atoms with Gasteiger partial charge in [-0.05, 0) is 42.3 Å². The van der Waals surface area contributed by atoms with Crippen LogP contribution in [0.2, 0.25) is 5.02 Å². The summed E-state index contributed by atoms with van der Waals surface area (Å²) in [5.41, 5.74) is 0.993. The number of rotatable bonds is 4. The van der Waals surface area contributed by atoms with Crippen LogP contribution in [-0.4, -0.2) is 36.8 Å². The van der Waals surface area contributed by atoms with Gasteiger partial charge in [0.1, 0.15) is 5.82 Å². The van der Waals surface area contributed by atoms with E-state index in [0.717, 1.165) is 0 Å². The van der Waals surface area contributed by atoms with Crippen molar-refractivity contribution in [3.63, 3.8) is 0 Å². The Morgan fingerprint density at radius 1 is 1.20 bits per heavy atom. The van der Waals surface area contributed by atoms with Gasteiger partial charge in [-0.25, -0.2) is 12.8 Å². The zero-order valence-corrected chi connectivity index (χ0v) is 14.9. The Hall–Kier alpha value is -1.92. The minimum atomic E-state index is -3.16. The Morgan fingerprint density at radius 3 is 2.60 bits per heavy atom. The van der Waals surface area contributed by atoms with E-state index in [2.05, 4.69) is 0 Å². The molecular weight excluding hydrogens is 365 g/mol. The second-order valence-electron chi connectivity index (χ2n) is 6.13. The van der Waals surface area contributed by atoms with E-state index >= 15 is 0 Å². The van der Waals surface area contributed by atoms with Crippen LogP contribution in [0.3, 0.4) is 0 Å². The van der Waals surface area contributed by atoms with Gasteiger partial charge in [0, 0.05) is 23.2 Å². The van der Waals surface area contributed by atoms with E-state index in [9.17, 15) is 17.6 Å². The maximum absolute atomic E-state index is 13.5. The van der Waals surface area contributed by atoms with Crippen molar-refractivity contribution in [1.82, 2.24) is 4.90 Å². The Morgan fingerprint density at radius 2 is 1.96 bits per heavy atom. The summed E-state index contributed by atoms with van der Waals surface area (Å²) in [6, 6.07) is 12.0. The van der Waals surface area contributed by atoms with Crippen molar-refractivity contribution in [1.29, 1.82) is 0 Å². The maximum atomic E-state index is 13.5. The molecule has 3 rings (SSSR count). The fourth-order valence-electron chi connectivity index (χ4n) is 3.01. The van der Waals surface area contributed by atoms with Crippen LogP contribution in [0.4, 0.5) is 4.39 Å². The van der Waals surface area contributed by atoms with Crippen molar-refractivity contribution in [2.75, 3.05) is 11.5 Å². The summed E-state index contributed by atoms with van der Waals surface area (Å²) in [7, 11) is -3.16. The zero-order chi connectivity index (χ0) is 18.0. The van der Waals surface area contributed by atoms with Gasteiger partial charge in [0.15, 0.2) is 9.84 Å². The zero-order valence-electron chi connectivity index (χ0n) is 13.4. The molecule has 2 aromatic rings. The molecule has 0 saturated carbocycles. The summed E-state index contributed by atoms with van der Waals surface area (Å²) < 4.78 is 37.2. The number of amides is 1.